The molecule has 0 bridgehead atoms. The van der Waals surface area contributed by atoms with Crippen molar-refractivity contribution in [2.45, 2.75) is 18.5 Å². The Morgan fingerprint density at radius 3 is 2.62 bits per heavy atom. The predicted molar refractivity (Wildman–Crippen MR) is 97.1 cm³/mol. The topological polar surface area (TPSA) is 77.6 Å². The summed E-state index contributed by atoms with van der Waals surface area (Å²) >= 11 is 1.45. The van der Waals surface area contributed by atoms with E-state index in [-0.39, 0.29) is 11.7 Å². The number of nitrogens with one attached hydrogen (secondary N) is 1. The Bertz CT molecular complexity index is 918. The van der Waals surface area contributed by atoms with Crippen molar-refractivity contribution in [3.05, 3.63) is 53.4 Å². The van der Waals surface area contributed by atoms with Gasteiger partial charge in [0.15, 0.2) is 5.16 Å². The van der Waals surface area contributed by atoms with Gasteiger partial charge in [0.2, 0.25) is 0 Å². The smallest absolute Gasteiger partial charge is 0.269 e. The molecule has 0 fully saturated rings. The number of thioether (sulfide) groups is 1. The molecule has 0 aliphatic carbocycles. The van der Waals surface area contributed by atoms with Crippen LogP contribution in [0.4, 0.5) is 4.39 Å². The molecule has 7 nitrogen and oxygen atoms in total. The number of nitrogens with zero attached hydrogens (tertiary/aromatic N) is 5. The highest BCUT2D eigenvalue weighted by Gasteiger charge is 2.15. The Labute approximate surface area is 154 Å². The third-order valence-electron chi connectivity index (χ3n) is 3.84. The zero-order chi connectivity index (χ0) is 18.7. The maximum Gasteiger partial charge on any atom is 0.269 e. The van der Waals surface area contributed by atoms with Crippen molar-refractivity contribution in [3.63, 3.8) is 0 Å². The zero-order valence-electron chi connectivity index (χ0n) is 14.7. The molecule has 1 aromatic carbocycles. The first-order valence-electron chi connectivity index (χ1n) is 8.02. The summed E-state index contributed by atoms with van der Waals surface area (Å²) in [4.78, 5) is 12.3. The molecule has 0 aliphatic heterocycles. The van der Waals surface area contributed by atoms with Crippen molar-refractivity contribution in [2.75, 3.05) is 12.8 Å². The lowest BCUT2D eigenvalue weighted by molar-refractivity contribution is 0.0944. The van der Waals surface area contributed by atoms with Gasteiger partial charge >= 0.3 is 0 Å². The van der Waals surface area contributed by atoms with Crippen molar-refractivity contribution in [3.8, 4) is 5.69 Å². The maximum absolute atomic E-state index is 13.2. The molecule has 0 aliphatic rings. The molecule has 1 amide bonds. The van der Waals surface area contributed by atoms with Gasteiger partial charge in [-0.05, 0) is 43.5 Å². The molecule has 9 heteroatoms. The number of hydrogen-bond acceptors (Lipinski definition) is 5. The molecule has 0 unspecified atom stereocenters. The molecule has 2 heterocycles. The van der Waals surface area contributed by atoms with Crippen LogP contribution in [0.5, 0.6) is 0 Å². The van der Waals surface area contributed by atoms with Gasteiger partial charge in [-0.1, -0.05) is 11.8 Å². The van der Waals surface area contributed by atoms with Crippen molar-refractivity contribution < 1.29 is 9.18 Å². The zero-order valence-corrected chi connectivity index (χ0v) is 15.5. The van der Waals surface area contributed by atoms with Crippen LogP contribution in [0.15, 0.2) is 35.5 Å². The first-order valence-corrected chi connectivity index (χ1v) is 9.25. The van der Waals surface area contributed by atoms with Gasteiger partial charge in [-0.2, -0.15) is 5.10 Å². The van der Waals surface area contributed by atoms with E-state index in [1.807, 2.05) is 17.7 Å². The van der Waals surface area contributed by atoms with E-state index in [0.717, 1.165) is 11.4 Å². The molecule has 0 spiro atoms. The van der Waals surface area contributed by atoms with Crippen LogP contribution in [0.3, 0.4) is 0 Å². The molecule has 0 atom stereocenters. The Kier molecular flexibility index (Phi) is 5.36. The fourth-order valence-electron chi connectivity index (χ4n) is 2.65. The van der Waals surface area contributed by atoms with E-state index in [4.69, 9.17) is 0 Å². The molecule has 3 aromatic rings. The van der Waals surface area contributed by atoms with E-state index in [1.165, 1.54) is 23.9 Å². The number of rotatable bonds is 6. The highest BCUT2D eigenvalue weighted by atomic mass is 32.2. The molecule has 2 aromatic heterocycles. The lowest BCUT2D eigenvalue weighted by Gasteiger charge is -2.10. The highest BCUT2D eigenvalue weighted by Crippen LogP contribution is 2.20. The summed E-state index contributed by atoms with van der Waals surface area (Å²) in [6, 6.07) is 7.89. The first-order chi connectivity index (χ1) is 12.5. The number of halogens is 1. The van der Waals surface area contributed by atoms with Crippen molar-refractivity contribution >= 4 is 17.7 Å². The van der Waals surface area contributed by atoms with E-state index in [0.29, 0.717) is 29.6 Å². The van der Waals surface area contributed by atoms with E-state index >= 15 is 0 Å². The largest absolute Gasteiger partial charge is 0.350 e. The second kappa shape index (κ2) is 7.69. The summed E-state index contributed by atoms with van der Waals surface area (Å²) in [6.07, 6.45) is 2.40. The Balaban J connectivity index is 1.72. The van der Waals surface area contributed by atoms with Gasteiger partial charge in [0, 0.05) is 25.7 Å². The fourth-order valence-corrected chi connectivity index (χ4v) is 3.16. The number of hydrogen-bond donors (Lipinski definition) is 1. The third-order valence-corrected chi connectivity index (χ3v) is 4.47. The molecular formula is C17H19FN6OS. The molecule has 0 radical (unpaired) electrons. The first kappa shape index (κ1) is 18.1. The highest BCUT2D eigenvalue weighted by molar-refractivity contribution is 7.98. The second-order valence-corrected chi connectivity index (χ2v) is 6.49. The van der Waals surface area contributed by atoms with Crippen molar-refractivity contribution in [2.24, 2.45) is 7.05 Å². The number of benzene rings is 1. The summed E-state index contributed by atoms with van der Waals surface area (Å²) in [5.74, 6) is 0.210. The standard InChI is InChI=1S/C17H19FN6OS/c1-11-10-14(23(2)22-11)16(25)19-9-8-15-20-21-17(26-3)24(15)13-6-4-12(18)5-7-13/h4-7,10H,8-9H2,1-3H3,(H,19,25). The van der Waals surface area contributed by atoms with Gasteiger partial charge in [-0.25, -0.2) is 4.39 Å². The summed E-state index contributed by atoms with van der Waals surface area (Å²) in [5.41, 5.74) is 2.08. The molecule has 0 saturated carbocycles. The van der Waals surface area contributed by atoms with Gasteiger partial charge in [-0.15, -0.1) is 10.2 Å². The molecule has 26 heavy (non-hydrogen) atoms. The van der Waals surface area contributed by atoms with E-state index in [2.05, 4.69) is 20.6 Å². The summed E-state index contributed by atoms with van der Waals surface area (Å²) in [6.45, 7) is 2.24. The Morgan fingerprint density at radius 2 is 2.00 bits per heavy atom. The monoisotopic (exact) mass is 374 g/mol. The minimum Gasteiger partial charge on any atom is -0.350 e. The lowest BCUT2D eigenvalue weighted by Crippen LogP contribution is -2.28. The number of carbonyl (C=O) groups excluding carboxylic acids is 1. The molecule has 136 valence electrons. The van der Waals surface area contributed by atoms with Crippen molar-refractivity contribution in [1.29, 1.82) is 0 Å². The maximum atomic E-state index is 13.2. The van der Waals surface area contributed by atoms with E-state index in [9.17, 15) is 9.18 Å². The second-order valence-electron chi connectivity index (χ2n) is 5.72. The summed E-state index contributed by atoms with van der Waals surface area (Å²) in [7, 11) is 1.73. The lowest BCUT2D eigenvalue weighted by atomic mass is 10.3. The van der Waals surface area contributed by atoms with Crippen LogP contribution in [0.2, 0.25) is 0 Å². The van der Waals surface area contributed by atoms with Gasteiger partial charge in [0.05, 0.1) is 5.69 Å². The van der Waals surface area contributed by atoms with Gasteiger partial charge in [0.25, 0.3) is 5.91 Å². The average molecular weight is 374 g/mol. The number of aromatic nitrogens is 5. The summed E-state index contributed by atoms with van der Waals surface area (Å²) < 4.78 is 16.6. The molecule has 3 rings (SSSR count). The van der Waals surface area contributed by atoms with E-state index in [1.54, 1.807) is 29.9 Å². The molecular weight excluding hydrogens is 355 g/mol. The Hall–Kier alpha value is -2.68. The van der Waals surface area contributed by atoms with E-state index < -0.39 is 0 Å². The van der Waals surface area contributed by atoms with Gasteiger partial charge in [-0.3, -0.25) is 14.0 Å². The van der Waals surface area contributed by atoms with Crippen LogP contribution in [0.25, 0.3) is 5.69 Å². The molecule has 1 N–H and O–H groups in total. The Morgan fingerprint density at radius 1 is 1.27 bits per heavy atom. The van der Waals surface area contributed by atoms with Crippen LogP contribution in [0.1, 0.15) is 22.0 Å². The van der Waals surface area contributed by atoms with Crippen LogP contribution in [-0.4, -0.2) is 43.3 Å². The number of carbonyl (C=O) groups is 1. The van der Waals surface area contributed by atoms with Crippen LogP contribution in [-0.2, 0) is 13.5 Å². The summed E-state index contributed by atoms with van der Waals surface area (Å²) in [5, 5.41) is 16.1. The van der Waals surface area contributed by atoms with Gasteiger partial charge in [0.1, 0.15) is 17.3 Å². The number of amides is 1. The van der Waals surface area contributed by atoms with Crippen molar-refractivity contribution in [1.82, 2.24) is 29.9 Å². The number of aryl methyl sites for hydroxylation is 2. The normalized spacial score (nSPS) is 10.9. The third kappa shape index (κ3) is 3.77. The van der Waals surface area contributed by atoms with Crippen LogP contribution in [0, 0.1) is 12.7 Å². The fraction of sp³-hybridized carbons (Fsp3) is 0.294. The van der Waals surface area contributed by atoms with Crippen LogP contribution >= 0.6 is 11.8 Å². The SMILES string of the molecule is CSc1nnc(CCNC(=O)c2cc(C)nn2C)n1-c1ccc(F)cc1. The minimum atomic E-state index is -0.298. The quantitative estimate of drug-likeness (QED) is 0.669. The van der Waals surface area contributed by atoms with Crippen LogP contribution < -0.4 is 5.32 Å². The van der Waals surface area contributed by atoms with Gasteiger partial charge < -0.3 is 5.32 Å². The predicted octanol–water partition coefficient (Wildman–Crippen LogP) is 2.14. The minimum absolute atomic E-state index is 0.189. The molecule has 0 saturated heterocycles. The average Bonchev–Trinajstić information content (AvgIpc) is 3.18.